The number of alkyl halides is 1. The van der Waals surface area contributed by atoms with E-state index in [1.54, 1.807) is 13.2 Å². The van der Waals surface area contributed by atoms with Crippen LogP contribution in [0.4, 0.5) is 0 Å². The smallest absolute Gasteiger partial charge is 0.235 e. The second-order valence-electron chi connectivity index (χ2n) is 2.84. The van der Waals surface area contributed by atoms with Crippen LogP contribution >= 0.6 is 23.2 Å². The summed E-state index contributed by atoms with van der Waals surface area (Å²) in [6, 6.07) is 5.39. The summed E-state index contributed by atoms with van der Waals surface area (Å²) in [4.78, 5) is 10.9. The van der Waals surface area contributed by atoms with Gasteiger partial charge in [-0.25, -0.2) is 0 Å². The lowest BCUT2D eigenvalue weighted by Gasteiger charge is -2.08. The zero-order valence-electron chi connectivity index (χ0n) is 8.22. The first kappa shape index (κ1) is 12.1. The van der Waals surface area contributed by atoms with E-state index in [1.165, 1.54) is 0 Å². The van der Waals surface area contributed by atoms with Gasteiger partial charge in [0.1, 0.15) is 11.6 Å². The number of amides is 1. The summed E-state index contributed by atoms with van der Waals surface area (Å²) in [5.74, 6) is 0.312. The van der Waals surface area contributed by atoms with Crippen LogP contribution in [0.1, 0.15) is 5.56 Å². The molecule has 5 heteroatoms. The second kappa shape index (κ2) is 5.83. The summed E-state index contributed by atoms with van der Waals surface area (Å²) >= 11 is 11.4. The molecule has 0 heterocycles. The molecule has 0 saturated carbocycles. The van der Waals surface area contributed by atoms with Gasteiger partial charge in [0.05, 0.1) is 12.1 Å². The second-order valence-corrected chi connectivity index (χ2v) is 3.49. The van der Waals surface area contributed by atoms with Crippen LogP contribution in [0, 0.1) is 0 Å². The Balaban J connectivity index is 2.73. The fourth-order valence-electron chi connectivity index (χ4n) is 1.09. The molecule has 0 atom stereocenters. The molecule has 0 aliphatic carbocycles. The highest BCUT2D eigenvalue weighted by atomic mass is 35.5. The number of halogens is 2. The average molecular weight is 248 g/mol. The van der Waals surface area contributed by atoms with Crippen molar-refractivity contribution in [3.8, 4) is 5.75 Å². The molecule has 1 aromatic rings. The van der Waals surface area contributed by atoms with Crippen molar-refractivity contribution >= 4 is 29.1 Å². The molecule has 0 aromatic heterocycles. The highest BCUT2D eigenvalue weighted by Gasteiger charge is 2.06. The highest BCUT2D eigenvalue weighted by molar-refractivity contribution is 6.32. The molecular formula is C10H11Cl2NO2. The Morgan fingerprint density at radius 1 is 1.53 bits per heavy atom. The van der Waals surface area contributed by atoms with Crippen molar-refractivity contribution in [2.24, 2.45) is 0 Å². The minimum absolute atomic E-state index is 0.0540. The van der Waals surface area contributed by atoms with Gasteiger partial charge >= 0.3 is 0 Å². The third-order valence-corrected chi connectivity index (χ3v) is 2.53. The maximum Gasteiger partial charge on any atom is 0.235 e. The Hall–Kier alpha value is -0.930. The van der Waals surface area contributed by atoms with E-state index >= 15 is 0 Å². The average Bonchev–Trinajstić information content (AvgIpc) is 2.27. The van der Waals surface area contributed by atoms with Gasteiger partial charge in [0, 0.05) is 6.54 Å². The molecule has 1 amide bonds. The Bertz CT molecular complexity index is 355. The third kappa shape index (κ3) is 3.29. The predicted octanol–water partition coefficient (Wildman–Crippen LogP) is 2.20. The molecule has 1 rings (SSSR count). The lowest BCUT2D eigenvalue weighted by atomic mass is 10.2. The van der Waals surface area contributed by atoms with E-state index in [0.717, 1.165) is 5.56 Å². The van der Waals surface area contributed by atoms with Gasteiger partial charge in [-0.15, -0.1) is 11.6 Å². The summed E-state index contributed by atoms with van der Waals surface area (Å²) in [5.41, 5.74) is 0.800. The molecule has 15 heavy (non-hydrogen) atoms. The topological polar surface area (TPSA) is 38.3 Å². The van der Waals surface area contributed by atoms with Crippen LogP contribution in [0.15, 0.2) is 18.2 Å². The Labute approximate surface area is 98.3 Å². The van der Waals surface area contributed by atoms with Crippen molar-refractivity contribution < 1.29 is 9.53 Å². The number of nitrogens with one attached hydrogen (secondary N) is 1. The number of hydrogen-bond acceptors (Lipinski definition) is 2. The van der Waals surface area contributed by atoms with Crippen molar-refractivity contribution in [1.82, 2.24) is 5.32 Å². The monoisotopic (exact) mass is 247 g/mol. The first-order chi connectivity index (χ1) is 7.19. The highest BCUT2D eigenvalue weighted by Crippen LogP contribution is 2.27. The molecule has 0 aliphatic heterocycles. The zero-order valence-corrected chi connectivity index (χ0v) is 9.73. The first-order valence-electron chi connectivity index (χ1n) is 4.33. The molecule has 0 fully saturated rings. The number of carbonyl (C=O) groups is 1. The van der Waals surface area contributed by atoms with Crippen molar-refractivity contribution in [1.29, 1.82) is 0 Å². The van der Waals surface area contributed by atoms with Gasteiger partial charge in [0.25, 0.3) is 0 Å². The Morgan fingerprint density at radius 3 is 2.87 bits per heavy atom. The predicted molar refractivity (Wildman–Crippen MR) is 60.6 cm³/mol. The summed E-state index contributed by atoms with van der Waals surface area (Å²) < 4.78 is 5.05. The van der Waals surface area contributed by atoms with Gasteiger partial charge in [0.15, 0.2) is 0 Å². The summed E-state index contributed by atoms with van der Waals surface area (Å²) in [6.07, 6.45) is 0. The summed E-state index contributed by atoms with van der Waals surface area (Å²) in [6.45, 7) is 0.349. The van der Waals surface area contributed by atoms with Crippen molar-refractivity contribution in [3.63, 3.8) is 0 Å². The van der Waals surface area contributed by atoms with Crippen LogP contribution in [0.5, 0.6) is 5.75 Å². The lowest BCUT2D eigenvalue weighted by molar-refractivity contribution is -0.118. The lowest BCUT2D eigenvalue weighted by Crippen LogP contribution is -2.23. The van der Waals surface area contributed by atoms with Gasteiger partial charge < -0.3 is 10.1 Å². The molecule has 3 nitrogen and oxygen atoms in total. The van der Waals surface area contributed by atoms with E-state index < -0.39 is 0 Å². The molecule has 0 bridgehead atoms. The number of methoxy groups -OCH3 is 1. The van der Waals surface area contributed by atoms with E-state index in [2.05, 4.69) is 5.32 Å². The van der Waals surface area contributed by atoms with Gasteiger partial charge in [-0.2, -0.15) is 0 Å². The fraction of sp³-hybridized carbons (Fsp3) is 0.300. The maximum atomic E-state index is 10.9. The Morgan fingerprint density at radius 2 is 2.27 bits per heavy atom. The van der Waals surface area contributed by atoms with Gasteiger partial charge in [-0.3, -0.25) is 4.79 Å². The van der Waals surface area contributed by atoms with Crippen molar-refractivity contribution in [2.75, 3.05) is 13.0 Å². The SMILES string of the molecule is COc1cccc(CNC(=O)CCl)c1Cl. The quantitative estimate of drug-likeness (QED) is 0.829. The van der Waals surface area contributed by atoms with Crippen molar-refractivity contribution in [3.05, 3.63) is 28.8 Å². The standard InChI is InChI=1S/C10H11Cl2NO2/c1-15-8-4-2-3-7(10(8)12)6-13-9(14)5-11/h2-4H,5-6H2,1H3,(H,13,14). The van der Waals surface area contributed by atoms with Gasteiger partial charge in [-0.05, 0) is 11.6 Å². The number of hydrogen-bond donors (Lipinski definition) is 1. The van der Waals surface area contributed by atoms with Crippen molar-refractivity contribution in [2.45, 2.75) is 6.54 Å². The van der Waals surface area contributed by atoms with E-state index in [-0.39, 0.29) is 11.8 Å². The van der Waals surface area contributed by atoms with E-state index in [4.69, 9.17) is 27.9 Å². The molecule has 0 radical (unpaired) electrons. The molecular weight excluding hydrogens is 237 g/mol. The number of ether oxygens (including phenoxy) is 1. The van der Waals surface area contributed by atoms with E-state index in [0.29, 0.717) is 17.3 Å². The normalized spacial score (nSPS) is 9.80. The molecule has 0 spiro atoms. The van der Waals surface area contributed by atoms with Crippen LogP contribution in [-0.4, -0.2) is 18.9 Å². The van der Waals surface area contributed by atoms with Crippen LogP contribution in [0.25, 0.3) is 0 Å². The minimum atomic E-state index is -0.226. The van der Waals surface area contributed by atoms with Crippen LogP contribution in [-0.2, 0) is 11.3 Å². The van der Waals surface area contributed by atoms with E-state index in [9.17, 15) is 4.79 Å². The zero-order chi connectivity index (χ0) is 11.3. The molecule has 82 valence electrons. The van der Waals surface area contributed by atoms with Gasteiger partial charge in [0.2, 0.25) is 5.91 Å². The molecule has 0 aliphatic rings. The van der Waals surface area contributed by atoms with Gasteiger partial charge in [-0.1, -0.05) is 23.7 Å². The maximum absolute atomic E-state index is 10.9. The van der Waals surface area contributed by atoms with Crippen LogP contribution < -0.4 is 10.1 Å². The number of carbonyl (C=O) groups excluding carboxylic acids is 1. The largest absolute Gasteiger partial charge is 0.495 e. The minimum Gasteiger partial charge on any atom is -0.495 e. The molecule has 0 saturated heterocycles. The molecule has 0 unspecified atom stereocenters. The summed E-state index contributed by atoms with van der Waals surface area (Å²) in [7, 11) is 1.54. The third-order valence-electron chi connectivity index (χ3n) is 1.86. The van der Waals surface area contributed by atoms with E-state index in [1.807, 2.05) is 12.1 Å². The Kier molecular flexibility index (Phi) is 4.72. The molecule has 1 aromatic carbocycles. The molecule has 1 N–H and O–H groups in total. The first-order valence-corrected chi connectivity index (χ1v) is 5.24. The number of benzene rings is 1. The number of rotatable bonds is 4. The van der Waals surface area contributed by atoms with Crippen LogP contribution in [0.2, 0.25) is 5.02 Å². The fourth-order valence-corrected chi connectivity index (χ4v) is 1.46. The summed E-state index contributed by atoms with van der Waals surface area (Å²) in [5, 5.41) is 3.14. The van der Waals surface area contributed by atoms with Crippen LogP contribution in [0.3, 0.4) is 0 Å².